The van der Waals surface area contributed by atoms with Crippen LogP contribution in [0.25, 0.3) is 0 Å². The number of hydrogen-bond donors (Lipinski definition) is 1. The largest absolute Gasteiger partial charge is 0.459 e. The van der Waals surface area contributed by atoms with E-state index in [9.17, 15) is 9.59 Å². The van der Waals surface area contributed by atoms with Gasteiger partial charge in [-0.1, -0.05) is 49.0 Å². The van der Waals surface area contributed by atoms with E-state index < -0.39 is 12.0 Å². The number of benzene rings is 2. The van der Waals surface area contributed by atoms with Crippen LogP contribution in [-0.2, 0) is 14.3 Å². The van der Waals surface area contributed by atoms with Gasteiger partial charge in [0.15, 0.2) is 5.17 Å². The van der Waals surface area contributed by atoms with Crippen LogP contribution in [0.4, 0.5) is 0 Å². The van der Waals surface area contributed by atoms with Gasteiger partial charge < -0.3 is 19.7 Å². The molecule has 2 aromatic carbocycles. The van der Waals surface area contributed by atoms with Gasteiger partial charge in [-0.3, -0.25) is 4.79 Å². The summed E-state index contributed by atoms with van der Waals surface area (Å²) >= 11 is 1.45. The van der Waals surface area contributed by atoms with Gasteiger partial charge in [0, 0.05) is 11.7 Å². The molecule has 7 nitrogen and oxygen atoms in total. The number of hydrogen-bond acceptors (Lipinski definition) is 7. The quantitative estimate of drug-likeness (QED) is 0.391. The molecule has 2 heterocycles. The summed E-state index contributed by atoms with van der Waals surface area (Å²) in [6, 6.07) is 16.8. The fraction of sp³-hybridized carbons (Fsp3) is 0.345. The molecule has 2 atom stereocenters. The van der Waals surface area contributed by atoms with Crippen molar-refractivity contribution in [2.24, 2.45) is 4.99 Å². The third kappa shape index (κ3) is 6.25. The van der Waals surface area contributed by atoms with Gasteiger partial charge in [-0.2, -0.15) is 0 Å². The van der Waals surface area contributed by atoms with Crippen LogP contribution in [-0.4, -0.2) is 34.1 Å². The second kappa shape index (κ2) is 11.7. The zero-order chi connectivity index (χ0) is 26.5. The highest BCUT2D eigenvalue weighted by Gasteiger charge is 2.41. The second-order valence-electron chi connectivity index (χ2n) is 9.39. The Morgan fingerprint density at radius 3 is 2.51 bits per heavy atom. The van der Waals surface area contributed by atoms with Gasteiger partial charge in [0.25, 0.3) is 0 Å². The van der Waals surface area contributed by atoms with E-state index in [0.29, 0.717) is 17.0 Å². The Bertz CT molecular complexity index is 1250. The topological polar surface area (TPSA) is 80.2 Å². The van der Waals surface area contributed by atoms with Crippen LogP contribution in [0.2, 0.25) is 0 Å². The molecule has 0 saturated carbocycles. The Hall–Kier alpha value is -3.52. The Morgan fingerprint density at radius 2 is 1.81 bits per heavy atom. The smallest absolute Gasteiger partial charge is 0.338 e. The minimum atomic E-state index is -0.518. The fourth-order valence-electron chi connectivity index (χ4n) is 4.19. The molecule has 0 fully saturated rings. The zero-order valence-electron chi connectivity index (χ0n) is 21.9. The average molecular weight is 520 g/mol. The van der Waals surface area contributed by atoms with Crippen molar-refractivity contribution in [1.82, 2.24) is 10.2 Å². The number of nitrogens with one attached hydrogen (secondary N) is 1. The molecule has 2 aliphatic heterocycles. The first-order valence-corrected chi connectivity index (χ1v) is 13.4. The number of carbonyl (C=O) groups excluding carboxylic acids is 2. The maximum Gasteiger partial charge on any atom is 0.338 e. The van der Waals surface area contributed by atoms with Crippen molar-refractivity contribution in [2.45, 2.75) is 65.6 Å². The molecule has 4 rings (SSSR count). The summed E-state index contributed by atoms with van der Waals surface area (Å²) in [5.74, 6) is 0.875. The van der Waals surface area contributed by atoms with Crippen molar-refractivity contribution >= 4 is 28.8 Å². The van der Waals surface area contributed by atoms with Crippen LogP contribution in [0, 0.1) is 0 Å². The number of rotatable bonds is 9. The molecule has 0 unspecified atom stereocenters. The molecule has 0 aromatic heterocycles. The molecule has 0 saturated heterocycles. The number of amides is 1. The van der Waals surface area contributed by atoms with E-state index in [2.05, 4.69) is 5.32 Å². The molecule has 2 aliphatic rings. The van der Waals surface area contributed by atoms with Gasteiger partial charge in [-0.05, 0) is 69.4 Å². The van der Waals surface area contributed by atoms with E-state index in [1.807, 2.05) is 99.5 Å². The number of fused-ring (bicyclic) bond motifs is 1. The van der Waals surface area contributed by atoms with E-state index in [1.165, 1.54) is 11.8 Å². The molecule has 37 heavy (non-hydrogen) atoms. The molecule has 0 aliphatic carbocycles. The molecule has 1 amide bonds. The summed E-state index contributed by atoms with van der Waals surface area (Å²) in [5, 5.41) is 5.70. The Kier molecular flexibility index (Phi) is 8.38. The van der Waals surface area contributed by atoms with E-state index in [4.69, 9.17) is 14.5 Å². The minimum absolute atomic E-state index is 0.0695. The third-order valence-corrected chi connectivity index (χ3v) is 6.97. The third-order valence-electron chi connectivity index (χ3n) is 6.08. The highest BCUT2D eigenvalue weighted by atomic mass is 32.2. The van der Waals surface area contributed by atoms with Gasteiger partial charge >= 0.3 is 5.97 Å². The Morgan fingerprint density at radius 1 is 1.08 bits per heavy atom. The number of aliphatic imine (C=N–C) groups is 1. The van der Waals surface area contributed by atoms with Crippen molar-refractivity contribution in [3.8, 4) is 11.5 Å². The number of thioether (sulfide) groups is 1. The maximum atomic E-state index is 13.4. The normalized spacial score (nSPS) is 17.7. The maximum absolute atomic E-state index is 13.4. The summed E-state index contributed by atoms with van der Waals surface area (Å²) in [6.07, 6.45) is 0.745. The van der Waals surface area contributed by atoms with Crippen molar-refractivity contribution in [2.75, 3.05) is 0 Å². The Balaban J connectivity index is 1.72. The highest BCUT2D eigenvalue weighted by Crippen LogP contribution is 2.45. The first-order chi connectivity index (χ1) is 17.8. The van der Waals surface area contributed by atoms with Gasteiger partial charge in [0.05, 0.1) is 29.8 Å². The summed E-state index contributed by atoms with van der Waals surface area (Å²) in [5.41, 5.74) is 2.67. The lowest BCUT2D eigenvalue weighted by Gasteiger charge is -2.36. The van der Waals surface area contributed by atoms with Crippen molar-refractivity contribution in [3.05, 3.63) is 82.5 Å². The molecule has 8 heteroatoms. The molecular formula is C29H33N3O4S. The van der Waals surface area contributed by atoms with Crippen LogP contribution < -0.4 is 10.1 Å². The predicted octanol–water partition coefficient (Wildman–Crippen LogP) is 6.31. The number of nitrogens with zero attached hydrogens (tertiary/aromatic N) is 2. The minimum Gasteiger partial charge on any atom is -0.459 e. The molecule has 0 radical (unpaired) electrons. The van der Waals surface area contributed by atoms with E-state index in [1.54, 1.807) is 0 Å². The molecule has 2 aromatic rings. The van der Waals surface area contributed by atoms with Crippen molar-refractivity contribution in [1.29, 1.82) is 0 Å². The molecule has 1 N–H and O–H groups in total. The zero-order valence-corrected chi connectivity index (χ0v) is 22.7. The lowest BCUT2D eigenvalue weighted by Crippen LogP contribution is -2.39. The monoisotopic (exact) mass is 519 g/mol. The van der Waals surface area contributed by atoms with E-state index >= 15 is 0 Å². The number of esters is 1. The van der Waals surface area contributed by atoms with Gasteiger partial charge in [-0.15, -0.1) is 0 Å². The van der Waals surface area contributed by atoms with Crippen molar-refractivity contribution in [3.63, 3.8) is 0 Å². The van der Waals surface area contributed by atoms with Gasteiger partial charge in [-0.25, -0.2) is 9.79 Å². The van der Waals surface area contributed by atoms with E-state index in [-0.39, 0.29) is 24.5 Å². The number of carbonyl (C=O) groups is 2. The first kappa shape index (κ1) is 26.5. The molecule has 0 spiro atoms. The van der Waals surface area contributed by atoms with Crippen LogP contribution in [0.5, 0.6) is 11.5 Å². The number of ether oxygens (including phenoxy) is 2. The lowest BCUT2D eigenvalue weighted by molar-refractivity contribution is -0.143. The van der Waals surface area contributed by atoms with E-state index in [0.717, 1.165) is 28.6 Å². The summed E-state index contributed by atoms with van der Waals surface area (Å²) in [4.78, 5) is 32.9. The molecule has 0 bridgehead atoms. The standard InChI is InChI=1S/C29H33N3O4S/c1-6-19(4)30-25(33)16-22-17-37-29-31-20(5)26(28(34)35-18(2)3)27(32(22)29)21-11-10-14-24(15-21)36-23-12-8-7-9-13-23/h7-15,17-19,27H,6,16H2,1-5H3,(H,30,33)/t19-,27-/m1/s1. The molecular weight excluding hydrogens is 486 g/mol. The molecule has 194 valence electrons. The number of allylic oxidation sites excluding steroid dienone is 1. The number of amidine groups is 1. The highest BCUT2D eigenvalue weighted by molar-refractivity contribution is 8.16. The summed E-state index contributed by atoms with van der Waals surface area (Å²) in [7, 11) is 0. The van der Waals surface area contributed by atoms with Gasteiger partial charge in [0.2, 0.25) is 5.91 Å². The van der Waals surface area contributed by atoms with Gasteiger partial charge in [0.1, 0.15) is 11.5 Å². The summed E-state index contributed by atoms with van der Waals surface area (Å²) < 4.78 is 11.7. The second-order valence-corrected chi connectivity index (χ2v) is 10.2. The van der Waals surface area contributed by atoms with Crippen LogP contribution in [0.1, 0.15) is 59.1 Å². The van der Waals surface area contributed by atoms with Crippen LogP contribution in [0.15, 0.2) is 82.0 Å². The summed E-state index contributed by atoms with van der Waals surface area (Å²) in [6.45, 7) is 9.49. The Labute approximate surface area is 222 Å². The first-order valence-electron chi connectivity index (χ1n) is 12.5. The lowest BCUT2D eigenvalue weighted by atomic mass is 9.93. The number of para-hydroxylation sites is 1. The average Bonchev–Trinajstić information content (AvgIpc) is 3.24. The fourth-order valence-corrected chi connectivity index (χ4v) is 5.15. The van der Waals surface area contributed by atoms with Crippen molar-refractivity contribution < 1.29 is 19.1 Å². The van der Waals surface area contributed by atoms with Crippen LogP contribution in [0.3, 0.4) is 0 Å². The SMILES string of the molecule is CC[C@@H](C)NC(=O)CC1=CSC2=NC(C)=C(C(=O)OC(C)C)[C@@H](c3cccc(Oc4ccccc4)c3)N12. The predicted molar refractivity (Wildman–Crippen MR) is 147 cm³/mol. The van der Waals surface area contributed by atoms with Crippen LogP contribution >= 0.6 is 11.8 Å².